The molecule has 23 heavy (non-hydrogen) atoms. The second-order valence-corrected chi connectivity index (χ2v) is 6.20. The van der Waals surface area contributed by atoms with E-state index in [0.29, 0.717) is 18.9 Å². The number of benzene rings is 1. The lowest BCUT2D eigenvalue weighted by Gasteiger charge is -2.25. The SMILES string of the molecule is I.NC(=NCc1cccc(N2CCCC2=O)c1)NCC1CCC1. The third-order valence-corrected chi connectivity index (χ3v) is 4.52. The lowest BCUT2D eigenvalue weighted by Crippen LogP contribution is -2.37. The molecule has 0 radical (unpaired) electrons. The van der Waals surface area contributed by atoms with Gasteiger partial charge in [-0.05, 0) is 42.9 Å². The highest BCUT2D eigenvalue weighted by atomic mass is 127. The molecule has 3 rings (SSSR count). The van der Waals surface area contributed by atoms with Crippen LogP contribution in [0.2, 0.25) is 0 Å². The fraction of sp³-hybridized carbons (Fsp3) is 0.529. The summed E-state index contributed by atoms with van der Waals surface area (Å²) in [6, 6.07) is 8.01. The van der Waals surface area contributed by atoms with Crippen LogP contribution in [-0.4, -0.2) is 25.0 Å². The summed E-state index contributed by atoms with van der Waals surface area (Å²) in [5.41, 5.74) is 7.95. The van der Waals surface area contributed by atoms with Gasteiger partial charge in [-0.25, -0.2) is 4.99 Å². The van der Waals surface area contributed by atoms with Gasteiger partial charge in [-0.2, -0.15) is 0 Å². The number of hydrogen-bond donors (Lipinski definition) is 2. The molecular formula is C17H25IN4O. The first kappa shape index (κ1) is 18.0. The normalized spacial score (nSPS) is 18.5. The van der Waals surface area contributed by atoms with E-state index in [1.807, 2.05) is 29.2 Å². The van der Waals surface area contributed by atoms with Crippen LogP contribution in [0.3, 0.4) is 0 Å². The molecule has 1 aliphatic heterocycles. The molecular weight excluding hydrogens is 403 g/mol. The summed E-state index contributed by atoms with van der Waals surface area (Å²) in [7, 11) is 0. The van der Waals surface area contributed by atoms with Gasteiger partial charge >= 0.3 is 0 Å². The number of amides is 1. The molecule has 1 aliphatic carbocycles. The van der Waals surface area contributed by atoms with Gasteiger partial charge in [-0.3, -0.25) is 4.79 Å². The molecule has 1 aromatic carbocycles. The van der Waals surface area contributed by atoms with E-state index in [1.165, 1.54) is 19.3 Å². The minimum atomic E-state index is 0. The highest BCUT2D eigenvalue weighted by molar-refractivity contribution is 14.0. The van der Waals surface area contributed by atoms with Crippen LogP contribution in [0.4, 0.5) is 5.69 Å². The number of rotatable bonds is 5. The molecule has 0 spiro atoms. The first-order chi connectivity index (χ1) is 10.7. The predicted octanol–water partition coefficient (Wildman–Crippen LogP) is 2.64. The zero-order valence-electron chi connectivity index (χ0n) is 13.3. The van der Waals surface area contributed by atoms with Crippen molar-refractivity contribution in [1.82, 2.24) is 5.32 Å². The Bertz CT molecular complexity index is 571. The highest BCUT2D eigenvalue weighted by Crippen LogP contribution is 2.25. The number of nitrogens with one attached hydrogen (secondary N) is 1. The van der Waals surface area contributed by atoms with Crippen LogP contribution in [0, 0.1) is 5.92 Å². The largest absolute Gasteiger partial charge is 0.370 e. The average molecular weight is 428 g/mol. The second kappa shape index (κ2) is 8.52. The van der Waals surface area contributed by atoms with E-state index in [4.69, 9.17) is 5.73 Å². The van der Waals surface area contributed by atoms with Crippen LogP contribution in [-0.2, 0) is 11.3 Å². The third-order valence-electron chi connectivity index (χ3n) is 4.52. The molecule has 0 bridgehead atoms. The zero-order chi connectivity index (χ0) is 15.4. The van der Waals surface area contributed by atoms with Crippen LogP contribution < -0.4 is 16.0 Å². The van der Waals surface area contributed by atoms with Gasteiger partial charge in [0.15, 0.2) is 5.96 Å². The van der Waals surface area contributed by atoms with Crippen molar-refractivity contribution in [1.29, 1.82) is 0 Å². The van der Waals surface area contributed by atoms with Crippen LogP contribution in [0.15, 0.2) is 29.3 Å². The van der Waals surface area contributed by atoms with Crippen molar-refractivity contribution in [2.45, 2.75) is 38.6 Å². The maximum absolute atomic E-state index is 11.8. The molecule has 0 aromatic heterocycles. The number of nitrogens with two attached hydrogens (primary N) is 1. The number of hydrogen-bond acceptors (Lipinski definition) is 2. The molecule has 0 unspecified atom stereocenters. The maximum atomic E-state index is 11.8. The standard InChI is InChI=1S/C17H24N4O.HI/c18-17(19-11-13-4-1-5-13)20-12-14-6-2-7-15(10-14)21-9-3-8-16(21)22;/h2,6-7,10,13H,1,3-5,8-9,11-12H2,(H3,18,19,20);1H. The number of aliphatic imine (C=N–C) groups is 1. The summed E-state index contributed by atoms with van der Waals surface area (Å²) < 4.78 is 0. The average Bonchev–Trinajstić information content (AvgIpc) is 2.90. The molecule has 1 saturated heterocycles. The van der Waals surface area contributed by atoms with Crippen LogP contribution in [0.1, 0.15) is 37.7 Å². The lowest BCUT2D eigenvalue weighted by atomic mass is 9.85. The molecule has 0 atom stereocenters. The number of carbonyl (C=O) groups excluding carboxylic acids is 1. The summed E-state index contributed by atoms with van der Waals surface area (Å²) in [5.74, 6) is 1.48. The van der Waals surface area contributed by atoms with E-state index in [9.17, 15) is 4.79 Å². The summed E-state index contributed by atoms with van der Waals surface area (Å²) >= 11 is 0. The zero-order valence-corrected chi connectivity index (χ0v) is 15.7. The number of anilines is 1. The highest BCUT2D eigenvalue weighted by Gasteiger charge is 2.21. The van der Waals surface area contributed by atoms with Crippen molar-refractivity contribution in [3.05, 3.63) is 29.8 Å². The molecule has 5 nitrogen and oxygen atoms in total. The van der Waals surface area contributed by atoms with Crippen molar-refractivity contribution >= 4 is 41.5 Å². The Morgan fingerprint density at radius 1 is 1.35 bits per heavy atom. The molecule has 1 amide bonds. The summed E-state index contributed by atoms with van der Waals surface area (Å²) in [6.45, 7) is 2.29. The molecule has 3 N–H and O–H groups in total. The van der Waals surface area contributed by atoms with Crippen molar-refractivity contribution in [3.8, 4) is 0 Å². The van der Waals surface area contributed by atoms with Gasteiger partial charge in [-0.1, -0.05) is 18.6 Å². The number of guanidine groups is 1. The fourth-order valence-electron chi connectivity index (χ4n) is 2.92. The van der Waals surface area contributed by atoms with Gasteiger partial charge in [0.05, 0.1) is 6.54 Å². The molecule has 2 fully saturated rings. The lowest BCUT2D eigenvalue weighted by molar-refractivity contribution is -0.117. The summed E-state index contributed by atoms with van der Waals surface area (Å²) in [5, 5.41) is 3.19. The first-order valence-electron chi connectivity index (χ1n) is 8.15. The monoisotopic (exact) mass is 428 g/mol. The Morgan fingerprint density at radius 3 is 2.83 bits per heavy atom. The summed E-state index contributed by atoms with van der Waals surface area (Å²) in [4.78, 5) is 18.0. The molecule has 1 heterocycles. The molecule has 1 aromatic rings. The van der Waals surface area contributed by atoms with Gasteiger partial charge in [0.1, 0.15) is 0 Å². The Hall–Kier alpha value is -1.31. The van der Waals surface area contributed by atoms with E-state index in [1.54, 1.807) is 0 Å². The quantitative estimate of drug-likeness (QED) is 0.431. The van der Waals surface area contributed by atoms with Gasteiger partial charge in [-0.15, -0.1) is 24.0 Å². The van der Waals surface area contributed by atoms with Gasteiger partial charge < -0.3 is 16.0 Å². The molecule has 6 heteroatoms. The Kier molecular flexibility index (Phi) is 6.68. The first-order valence-corrected chi connectivity index (χ1v) is 8.15. The van der Waals surface area contributed by atoms with E-state index < -0.39 is 0 Å². The van der Waals surface area contributed by atoms with Gasteiger partial charge in [0.2, 0.25) is 5.91 Å². The van der Waals surface area contributed by atoms with Crippen LogP contribution in [0.5, 0.6) is 0 Å². The maximum Gasteiger partial charge on any atom is 0.227 e. The van der Waals surface area contributed by atoms with Crippen molar-refractivity contribution < 1.29 is 4.79 Å². The van der Waals surface area contributed by atoms with Crippen LogP contribution in [0.25, 0.3) is 0 Å². The minimum absolute atomic E-state index is 0. The Balaban J connectivity index is 0.00000192. The predicted molar refractivity (Wildman–Crippen MR) is 104 cm³/mol. The number of halogens is 1. The second-order valence-electron chi connectivity index (χ2n) is 6.20. The summed E-state index contributed by atoms with van der Waals surface area (Å²) in [6.07, 6.45) is 5.53. The number of carbonyl (C=O) groups is 1. The Morgan fingerprint density at radius 2 is 2.17 bits per heavy atom. The molecule has 2 aliphatic rings. The topological polar surface area (TPSA) is 70.7 Å². The van der Waals surface area contributed by atoms with Crippen LogP contribution >= 0.6 is 24.0 Å². The van der Waals surface area contributed by atoms with E-state index in [2.05, 4.69) is 10.3 Å². The third kappa shape index (κ3) is 4.83. The van der Waals surface area contributed by atoms with Gasteiger partial charge in [0.25, 0.3) is 0 Å². The minimum Gasteiger partial charge on any atom is -0.370 e. The Labute approximate surface area is 154 Å². The van der Waals surface area contributed by atoms with Crippen molar-refractivity contribution in [3.63, 3.8) is 0 Å². The van der Waals surface area contributed by atoms with E-state index in [-0.39, 0.29) is 29.9 Å². The number of nitrogens with zero attached hydrogens (tertiary/aromatic N) is 2. The van der Waals surface area contributed by atoms with E-state index >= 15 is 0 Å². The molecule has 1 saturated carbocycles. The smallest absolute Gasteiger partial charge is 0.227 e. The van der Waals surface area contributed by atoms with Crippen molar-refractivity contribution in [2.24, 2.45) is 16.6 Å². The fourth-order valence-corrected chi connectivity index (χ4v) is 2.92. The van der Waals surface area contributed by atoms with Crippen molar-refractivity contribution in [2.75, 3.05) is 18.0 Å². The molecule has 126 valence electrons. The van der Waals surface area contributed by atoms with Gasteiger partial charge in [0, 0.05) is 25.2 Å². The van der Waals surface area contributed by atoms with E-state index in [0.717, 1.165) is 36.7 Å².